The first kappa shape index (κ1) is 21.2. The van der Waals surface area contributed by atoms with Crippen molar-refractivity contribution in [2.45, 2.75) is 96.4 Å². The van der Waals surface area contributed by atoms with Gasteiger partial charge < -0.3 is 9.53 Å². The highest BCUT2D eigenvalue weighted by Crippen LogP contribution is 2.37. The van der Waals surface area contributed by atoms with Gasteiger partial charge in [0, 0.05) is 17.3 Å². The molecule has 0 rings (SSSR count). The third-order valence-electron chi connectivity index (χ3n) is 3.73. The van der Waals surface area contributed by atoms with Gasteiger partial charge in [-0.15, -0.1) is 0 Å². The number of hydrogen-bond acceptors (Lipinski definition) is 4. The van der Waals surface area contributed by atoms with Crippen molar-refractivity contribution < 1.29 is 14.3 Å². The summed E-state index contributed by atoms with van der Waals surface area (Å²) in [6, 6.07) is 0. The maximum atomic E-state index is 11.9. The van der Waals surface area contributed by atoms with Crippen molar-refractivity contribution in [1.82, 2.24) is 0 Å². The van der Waals surface area contributed by atoms with Crippen LogP contribution in [0.15, 0.2) is 0 Å². The largest absolute Gasteiger partial charge is 0.414 e. The molecule has 126 valence electrons. The zero-order chi connectivity index (χ0) is 17.1. The second kappa shape index (κ2) is 7.62. The number of thioether (sulfide) groups is 1. The van der Waals surface area contributed by atoms with E-state index in [0.29, 0.717) is 6.42 Å². The van der Waals surface area contributed by atoms with Gasteiger partial charge in [-0.25, -0.2) is 0 Å². The molecule has 0 fully saturated rings. The van der Waals surface area contributed by atoms with Crippen LogP contribution in [0, 0.1) is 0 Å². The first-order chi connectivity index (χ1) is 9.14. The minimum atomic E-state index is -1.81. The van der Waals surface area contributed by atoms with Crippen molar-refractivity contribution in [2.75, 3.05) is 0 Å². The quantitative estimate of drug-likeness (QED) is 0.721. The van der Waals surface area contributed by atoms with Crippen LogP contribution >= 0.6 is 11.8 Å². The predicted octanol–water partition coefficient (Wildman–Crippen LogP) is 4.60. The Morgan fingerprint density at radius 3 is 2.05 bits per heavy atom. The molecule has 0 aliphatic carbocycles. The van der Waals surface area contributed by atoms with Crippen molar-refractivity contribution >= 4 is 25.2 Å². The summed E-state index contributed by atoms with van der Waals surface area (Å²) in [5.74, 6) is 0. The lowest BCUT2D eigenvalue weighted by Gasteiger charge is -2.38. The lowest BCUT2D eigenvalue weighted by atomic mass is 10.1. The molecule has 0 saturated heterocycles. The summed E-state index contributed by atoms with van der Waals surface area (Å²) in [7, 11) is -1.81. The van der Waals surface area contributed by atoms with E-state index in [1.54, 1.807) is 0 Å². The first-order valence-electron chi connectivity index (χ1n) is 7.72. The highest BCUT2D eigenvalue weighted by Gasteiger charge is 2.38. The van der Waals surface area contributed by atoms with E-state index in [0.717, 1.165) is 0 Å². The molecule has 0 amide bonds. The molecule has 0 bridgehead atoms. The number of hydrogen-bond donors (Lipinski definition) is 1. The number of rotatable bonds is 6. The Morgan fingerprint density at radius 2 is 1.67 bits per heavy atom. The Hall–Kier alpha value is 0.157. The molecule has 0 saturated carbocycles. The molecular weight excluding hydrogens is 300 g/mol. The SMILES string of the molecule is C[C@H](C[C@H](O)CC(=O)SC(C)(C)C)O[Si](C)(C)C(C)(C)C. The van der Waals surface area contributed by atoms with Gasteiger partial charge in [-0.05, 0) is 31.5 Å². The third kappa shape index (κ3) is 9.01. The minimum Gasteiger partial charge on any atom is -0.414 e. The van der Waals surface area contributed by atoms with Crippen LogP contribution in [-0.2, 0) is 9.22 Å². The molecule has 0 heterocycles. The van der Waals surface area contributed by atoms with Crippen LogP contribution in [0.5, 0.6) is 0 Å². The van der Waals surface area contributed by atoms with Gasteiger partial charge in [0.2, 0.25) is 0 Å². The number of aliphatic hydroxyl groups is 1. The molecule has 0 aromatic carbocycles. The van der Waals surface area contributed by atoms with E-state index < -0.39 is 14.4 Å². The van der Waals surface area contributed by atoms with E-state index in [4.69, 9.17) is 4.43 Å². The van der Waals surface area contributed by atoms with Gasteiger partial charge in [-0.3, -0.25) is 4.79 Å². The van der Waals surface area contributed by atoms with Crippen LogP contribution in [0.25, 0.3) is 0 Å². The van der Waals surface area contributed by atoms with Crippen LogP contribution < -0.4 is 0 Å². The summed E-state index contributed by atoms with van der Waals surface area (Å²) >= 11 is 1.30. The van der Waals surface area contributed by atoms with Crippen LogP contribution in [0.2, 0.25) is 18.1 Å². The summed E-state index contributed by atoms with van der Waals surface area (Å²) in [4.78, 5) is 11.9. The maximum Gasteiger partial charge on any atom is 0.192 e. The van der Waals surface area contributed by atoms with E-state index in [-0.39, 0.29) is 27.4 Å². The van der Waals surface area contributed by atoms with Crippen molar-refractivity contribution in [3.05, 3.63) is 0 Å². The van der Waals surface area contributed by atoms with Gasteiger partial charge in [0.15, 0.2) is 13.4 Å². The topological polar surface area (TPSA) is 46.5 Å². The second-order valence-corrected chi connectivity index (χ2v) is 15.0. The summed E-state index contributed by atoms with van der Waals surface area (Å²) in [5, 5.41) is 10.3. The van der Waals surface area contributed by atoms with Gasteiger partial charge >= 0.3 is 0 Å². The molecule has 0 aliphatic heterocycles. The van der Waals surface area contributed by atoms with E-state index >= 15 is 0 Å². The molecule has 2 atom stereocenters. The Balaban J connectivity index is 4.34. The van der Waals surface area contributed by atoms with Crippen molar-refractivity contribution in [3.63, 3.8) is 0 Å². The molecule has 0 aliphatic rings. The van der Waals surface area contributed by atoms with Gasteiger partial charge in [0.05, 0.1) is 6.10 Å². The zero-order valence-electron chi connectivity index (χ0n) is 15.2. The van der Waals surface area contributed by atoms with E-state index in [9.17, 15) is 9.90 Å². The van der Waals surface area contributed by atoms with Crippen LogP contribution in [0.1, 0.15) is 61.3 Å². The molecule has 0 spiro atoms. The molecule has 1 N–H and O–H groups in total. The number of carbonyl (C=O) groups excluding carboxylic acids is 1. The summed E-state index contributed by atoms with van der Waals surface area (Å²) in [5.41, 5.74) is 0. The average molecular weight is 335 g/mol. The normalized spacial score (nSPS) is 16.7. The fourth-order valence-corrected chi connectivity index (χ4v) is 4.18. The number of carbonyl (C=O) groups is 1. The van der Waals surface area contributed by atoms with Crippen LogP contribution in [-0.4, -0.2) is 35.5 Å². The number of aliphatic hydroxyl groups excluding tert-OH is 1. The fraction of sp³-hybridized carbons (Fsp3) is 0.938. The van der Waals surface area contributed by atoms with Gasteiger partial charge in [0.25, 0.3) is 0 Å². The first-order valence-corrected chi connectivity index (χ1v) is 11.4. The van der Waals surface area contributed by atoms with Gasteiger partial charge in [-0.2, -0.15) is 0 Å². The third-order valence-corrected chi connectivity index (χ3v) is 9.34. The van der Waals surface area contributed by atoms with E-state index in [2.05, 4.69) is 33.9 Å². The average Bonchev–Trinajstić information content (AvgIpc) is 2.08. The highest BCUT2D eigenvalue weighted by atomic mass is 32.2. The lowest BCUT2D eigenvalue weighted by molar-refractivity contribution is -0.113. The van der Waals surface area contributed by atoms with E-state index in [1.807, 2.05) is 27.7 Å². The lowest BCUT2D eigenvalue weighted by Crippen LogP contribution is -2.44. The second-order valence-electron chi connectivity index (χ2n) is 8.37. The monoisotopic (exact) mass is 334 g/mol. The highest BCUT2D eigenvalue weighted by molar-refractivity contribution is 8.14. The molecule has 5 heteroatoms. The van der Waals surface area contributed by atoms with E-state index in [1.165, 1.54) is 11.8 Å². The molecule has 0 aromatic rings. The summed E-state index contributed by atoms with van der Waals surface area (Å²) in [6.07, 6.45) is 0.0799. The Morgan fingerprint density at radius 1 is 1.19 bits per heavy atom. The van der Waals surface area contributed by atoms with Gasteiger partial charge in [0.1, 0.15) is 0 Å². The molecular formula is C16H34O3SSi. The smallest absolute Gasteiger partial charge is 0.192 e. The zero-order valence-corrected chi connectivity index (χ0v) is 17.1. The minimum absolute atomic E-state index is 0.0201. The molecule has 0 unspecified atom stereocenters. The van der Waals surface area contributed by atoms with Crippen LogP contribution in [0.3, 0.4) is 0 Å². The van der Waals surface area contributed by atoms with Gasteiger partial charge in [-0.1, -0.05) is 53.3 Å². The molecule has 3 nitrogen and oxygen atoms in total. The van der Waals surface area contributed by atoms with Crippen LogP contribution in [0.4, 0.5) is 0 Å². The Bertz CT molecular complexity index is 342. The van der Waals surface area contributed by atoms with Crippen molar-refractivity contribution in [3.8, 4) is 0 Å². The molecule has 0 radical (unpaired) electrons. The van der Waals surface area contributed by atoms with Crippen molar-refractivity contribution in [1.29, 1.82) is 0 Å². The Kier molecular flexibility index (Phi) is 7.68. The summed E-state index contributed by atoms with van der Waals surface area (Å²) in [6.45, 7) is 19.0. The summed E-state index contributed by atoms with van der Waals surface area (Å²) < 4.78 is 6.12. The predicted molar refractivity (Wildman–Crippen MR) is 95.3 cm³/mol. The Labute approximate surface area is 136 Å². The molecule has 0 aromatic heterocycles. The molecule has 21 heavy (non-hydrogen) atoms. The van der Waals surface area contributed by atoms with Crippen molar-refractivity contribution in [2.24, 2.45) is 0 Å². The standard InChI is InChI=1S/C16H34O3SSi/c1-12(19-21(8,9)16(5,6)7)10-13(17)11-14(18)20-15(2,3)4/h12-13,17H,10-11H2,1-9H3/t12-,13+/m1/s1. The maximum absolute atomic E-state index is 11.9. The fourth-order valence-electron chi connectivity index (χ4n) is 1.77.